The number of aliphatic carboxylic acids is 1. The third kappa shape index (κ3) is 3.04. The fourth-order valence-corrected chi connectivity index (χ4v) is 6.34. The molecule has 5 nitrogen and oxygen atoms in total. The van der Waals surface area contributed by atoms with Crippen LogP contribution in [0.25, 0.3) is 0 Å². The summed E-state index contributed by atoms with van der Waals surface area (Å²) in [6.45, 7) is 2.14. The third-order valence-corrected chi connectivity index (χ3v) is 8.12. The Morgan fingerprint density at radius 3 is 2.75 bits per heavy atom. The summed E-state index contributed by atoms with van der Waals surface area (Å²) in [5.74, 6) is -0.914. The second-order valence-corrected chi connectivity index (χ2v) is 9.68. The van der Waals surface area contributed by atoms with Crippen molar-refractivity contribution in [3.8, 4) is 0 Å². The molecule has 0 saturated carbocycles. The summed E-state index contributed by atoms with van der Waals surface area (Å²) in [5.41, 5.74) is 0. The maximum Gasteiger partial charge on any atom is 0.322 e. The lowest BCUT2D eigenvalue weighted by Gasteiger charge is -2.34. The molecule has 2 heterocycles. The van der Waals surface area contributed by atoms with Crippen LogP contribution in [0.5, 0.6) is 0 Å². The predicted octanol–water partition coefficient (Wildman–Crippen LogP) is 3.04. The number of carbonyl (C=O) groups is 1. The molecule has 1 aliphatic heterocycles. The van der Waals surface area contributed by atoms with Gasteiger partial charge in [0.2, 0.25) is 0 Å². The van der Waals surface area contributed by atoms with Gasteiger partial charge in [-0.1, -0.05) is 18.5 Å². The highest BCUT2D eigenvalue weighted by molar-refractivity contribution is 9.11. The van der Waals surface area contributed by atoms with Crippen LogP contribution in [0, 0.1) is 5.92 Å². The first-order valence-electron chi connectivity index (χ1n) is 5.93. The minimum Gasteiger partial charge on any atom is -0.480 e. The quantitative estimate of drug-likeness (QED) is 0.843. The Balaban J connectivity index is 2.39. The van der Waals surface area contributed by atoms with Crippen LogP contribution in [-0.4, -0.2) is 36.4 Å². The molecule has 0 spiro atoms. The van der Waals surface area contributed by atoms with Crippen molar-refractivity contribution < 1.29 is 18.3 Å². The molecule has 1 saturated heterocycles. The largest absolute Gasteiger partial charge is 0.480 e. The van der Waals surface area contributed by atoms with Gasteiger partial charge in [-0.2, -0.15) is 4.31 Å². The van der Waals surface area contributed by atoms with Crippen molar-refractivity contribution in [2.75, 3.05) is 6.54 Å². The second-order valence-electron chi connectivity index (χ2n) is 4.79. The summed E-state index contributed by atoms with van der Waals surface area (Å²) < 4.78 is 26.8. The Labute approximate surface area is 134 Å². The van der Waals surface area contributed by atoms with Gasteiger partial charge in [0.05, 0.1) is 8.81 Å². The molecule has 0 amide bonds. The molecule has 2 rings (SSSR count). The highest BCUT2D eigenvalue weighted by Gasteiger charge is 2.40. The number of hydrogen-bond acceptors (Lipinski definition) is 4. The van der Waals surface area contributed by atoms with E-state index in [9.17, 15) is 18.3 Å². The lowest BCUT2D eigenvalue weighted by molar-refractivity contribution is -0.142. The number of sulfonamides is 1. The number of thiophene rings is 1. The molecular weight excluding hydrogens is 390 g/mol. The zero-order valence-electron chi connectivity index (χ0n) is 10.5. The number of hydrogen-bond donors (Lipinski definition) is 1. The minimum atomic E-state index is -3.82. The van der Waals surface area contributed by atoms with Gasteiger partial charge in [-0.25, -0.2) is 8.42 Å². The van der Waals surface area contributed by atoms with Gasteiger partial charge in [-0.05, 0) is 40.8 Å². The van der Waals surface area contributed by atoms with Crippen LogP contribution in [0.15, 0.2) is 14.1 Å². The van der Waals surface area contributed by atoms with Crippen molar-refractivity contribution in [2.45, 2.75) is 30.0 Å². The second kappa shape index (κ2) is 5.92. The molecule has 2 unspecified atom stereocenters. The normalized spacial score (nSPS) is 24.8. The first-order valence-corrected chi connectivity index (χ1v) is 9.35. The number of halogens is 2. The van der Waals surface area contributed by atoms with E-state index in [2.05, 4.69) is 15.9 Å². The van der Waals surface area contributed by atoms with Crippen molar-refractivity contribution in [3.63, 3.8) is 0 Å². The highest BCUT2D eigenvalue weighted by atomic mass is 79.9. The zero-order valence-corrected chi connectivity index (χ0v) is 14.5. The van der Waals surface area contributed by atoms with E-state index in [0.717, 1.165) is 15.6 Å². The zero-order chi connectivity index (χ0) is 15.1. The van der Waals surface area contributed by atoms with Gasteiger partial charge >= 0.3 is 5.97 Å². The van der Waals surface area contributed by atoms with Crippen molar-refractivity contribution in [1.82, 2.24) is 4.31 Å². The summed E-state index contributed by atoms with van der Waals surface area (Å²) in [6, 6.07) is 0.339. The van der Waals surface area contributed by atoms with E-state index in [1.54, 1.807) is 0 Å². The van der Waals surface area contributed by atoms with Crippen LogP contribution < -0.4 is 0 Å². The fraction of sp³-hybridized carbons (Fsp3) is 0.545. The Kier molecular flexibility index (Phi) is 4.80. The van der Waals surface area contributed by atoms with Crippen molar-refractivity contribution >= 4 is 54.9 Å². The van der Waals surface area contributed by atoms with Crippen LogP contribution in [0.2, 0.25) is 5.02 Å². The number of nitrogens with zero attached hydrogens (tertiary/aromatic N) is 1. The number of rotatable bonds is 3. The monoisotopic (exact) mass is 401 g/mol. The van der Waals surface area contributed by atoms with Gasteiger partial charge < -0.3 is 5.11 Å². The maximum absolute atomic E-state index is 12.6. The van der Waals surface area contributed by atoms with Crippen molar-refractivity contribution in [3.05, 3.63) is 14.9 Å². The molecule has 0 aliphatic carbocycles. The lowest BCUT2D eigenvalue weighted by Crippen LogP contribution is -2.49. The summed E-state index contributed by atoms with van der Waals surface area (Å²) in [7, 11) is -3.82. The van der Waals surface area contributed by atoms with Gasteiger partial charge in [0.1, 0.15) is 10.3 Å². The average Bonchev–Trinajstić information content (AvgIpc) is 2.70. The molecule has 112 valence electrons. The molecule has 0 bridgehead atoms. The van der Waals surface area contributed by atoms with E-state index in [0.29, 0.717) is 21.7 Å². The van der Waals surface area contributed by atoms with E-state index in [1.807, 2.05) is 6.92 Å². The molecule has 1 aliphatic rings. The topological polar surface area (TPSA) is 74.7 Å². The van der Waals surface area contributed by atoms with Crippen molar-refractivity contribution in [2.24, 2.45) is 5.92 Å². The Hall–Kier alpha value is -0.150. The summed E-state index contributed by atoms with van der Waals surface area (Å²) in [6.07, 6.45) is 0.984. The highest BCUT2D eigenvalue weighted by Crippen LogP contribution is 2.37. The molecule has 0 aromatic carbocycles. The Bertz CT molecular complexity index is 611. The molecule has 20 heavy (non-hydrogen) atoms. The van der Waals surface area contributed by atoms with E-state index < -0.39 is 22.0 Å². The first-order chi connectivity index (χ1) is 9.23. The minimum absolute atomic E-state index is 0.0650. The molecule has 2 atom stereocenters. The van der Waals surface area contributed by atoms with Crippen LogP contribution in [0.3, 0.4) is 0 Å². The van der Waals surface area contributed by atoms with E-state index in [-0.39, 0.29) is 16.7 Å². The van der Waals surface area contributed by atoms with Crippen LogP contribution in [0.4, 0.5) is 0 Å². The number of carboxylic acid groups (broad SMARTS) is 1. The first kappa shape index (κ1) is 16.2. The van der Waals surface area contributed by atoms with Crippen molar-refractivity contribution in [1.29, 1.82) is 0 Å². The molecule has 9 heteroatoms. The molecule has 1 fully saturated rings. The average molecular weight is 403 g/mol. The standard InChI is InChI=1S/C11H13BrClNO4S2/c1-6-2-3-14(8(4-6)11(15)16)20(17,18)9-5-7(13)10(12)19-9/h5-6,8H,2-4H2,1H3,(H,15,16). The maximum atomic E-state index is 12.6. The van der Waals surface area contributed by atoms with Crippen LogP contribution >= 0.6 is 38.9 Å². The van der Waals surface area contributed by atoms with Gasteiger partial charge in [-0.15, -0.1) is 11.3 Å². The van der Waals surface area contributed by atoms with Crippen LogP contribution in [-0.2, 0) is 14.8 Å². The van der Waals surface area contributed by atoms with Gasteiger partial charge in [0.25, 0.3) is 10.0 Å². The third-order valence-electron chi connectivity index (χ3n) is 3.29. The van der Waals surface area contributed by atoms with Gasteiger partial charge in [0, 0.05) is 6.54 Å². The molecular formula is C11H13BrClNO4S2. The molecule has 1 aromatic heterocycles. The SMILES string of the molecule is CC1CCN(S(=O)(=O)c2cc(Cl)c(Br)s2)C(C(=O)O)C1. The molecule has 0 radical (unpaired) electrons. The number of piperidine rings is 1. The summed E-state index contributed by atoms with van der Waals surface area (Å²) in [5, 5.41) is 9.57. The molecule has 1 N–H and O–H groups in total. The van der Waals surface area contributed by atoms with Gasteiger partial charge in [0.15, 0.2) is 0 Å². The summed E-state index contributed by atoms with van der Waals surface area (Å²) >= 11 is 10.0. The Morgan fingerprint density at radius 1 is 1.60 bits per heavy atom. The van der Waals surface area contributed by atoms with Crippen LogP contribution in [0.1, 0.15) is 19.8 Å². The lowest BCUT2D eigenvalue weighted by atomic mass is 9.94. The summed E-state index contributed by atoms with van der Waals surface area (Å²) in [4.78, 5) is 11.3. The number of carboxylic acids is 1. The molecule has 1 aromatic rings. The van der Waals surface area contributed by atoms with E-state index in [4.69, 9.17) is 11.6 Å². The van der Waals surface area contributed by atoms with Gasteiger partial charge in [-0.3, -0.25) is 4.79 Å². The Morgan fingerprint density at radius 2 is 2.25 bits per heavy atom. The fourth-order valence-electron chi connectivity index (χ4n) is 2.20. The predicted molar refractivity (Wildman–Crippen MR) is 80.7 cm³/mol. The van der Waals surface area contributed by atoms with E-state index >= 15 is 0 Å². The smallest absolute Gasteiger partial charge is 0.322 e. The van der Waals surface area contributed by atoms with E-state index in [1.165, 1.54) is 6.07 Å².